The van der Waals surface area contributed by atoms with Crippen molar-refractivity contribution >= 4 is 0 Å². The van der Waals surface area contributed by atoms with E-state index in [0.29, 0.717) is 0 Å². The molecule has 2 aliphatic rings. The summed E-state index contributed by atoms with van der Waals surface area (Å²) in [7, 11) is 2.22. The van der Waals surface area contributed by atoms with Gasteiger partial charge >= 0.3 is 0 Å². The molecule has 0 radical (unpaired) electrons. The van der Waals surface area contributed by atoms with E-state index in [1.807, 2.05) is 13.8 Å². The van der Waals surface area contributed by atoms with Crippen molar-refractivity contribution in [2.45, 2.75) is 86.7 Å². The lowest BCUT2D eigenvalue weighted by atomic mass is 9.90. The van der Waals surface area contributed by atoms with Crippen molar-refractivity contribution in [3.8, 4) is 0 Å². The molecule has 1 aliphatic carbocycles. The second kappa shape index (κ2) is 7.64. The molecule has 0 spiro atoms. The van der Waals surface area contributed by atoms with E-state index in [2.05, 4.69) is 91.6 Å². The van der Waals surface area contributed by atoms with Crippen LogP contribution in [0.2, 0.25) is 0 Å². The van der Waals surface area contributed by atoms with E-state index in [1.165, 1.54) is 17.6 Å². The van der Waals surface area contributed by atoms with Gasteiger partial charge in [-0.25, -0.2) is 0 Å². The van der Waals surface area contributed by atoms with Gasteiger partial charge in [-0.3, -0.25) is 4.90 Å². The van der Waals surface area contributed by atoms with Crippen molar-refractivity contribution in [3.05, 3.63) is 35.5 Å². The fourth-order valence-electron chi connectivity index (χ4n) is 2.96. The summed E-state index contributed by atoms with van der Waals surface area (Å²) in [5, 5.41) is 0. The molecule has 128 valence electrons. The minimum Gasteiger partial charge on any atom is -0.288 e. The molecule has 0 unspecified atom stereocenters. The van der Waals surface area contributed by atoms with Crippen LogP contribution in [0.15, 0.2) is 35.5 Å². The first-order chi connectivity index (χ1) is 10.0. The molecular formula is C21H39N. The Labute approximate surface area is 140 Å². The average molecular weight is 306 g/mol. The molecule has 1 aliphatic heterocycles. The van der Waals surface area contributed by atoms with Gasteiger partial charge in [0.15, 0.2) is 0 Å². The molecule has 0 N–H and O–H groups in total. The van der Waals surface area contributed by atoms with Crippen LogP contribution in [0.5, 0.6) is 0 Å². The first-order valence-electron chi connectivity index (χ1n) is 8.88. The van der Waals surface area contributed by atoms with Crippen molar-refractivity contribution in [3.63, 3.8) is 0 Å². The highest BCUT2D eigenvalue weighted by Gasteiger charge is 2.47. The lowest BCUT2D eigenvalue weighted by molar-refractivity contribution is 0.127. The lowest BCUT2D eigenvalue weighted by Gasteiger charge is -2.39. The number of hydrogen-bond donors (Lipinski definition) is 0. The van der Waals surface area contributed by atoms with E-state index in [1.54, 1.807) is 0 Å². The van der Waals surface area contributed by atoms with E-state index in [4.69, 9.17) is 0 Å². The van der Waals surface area contributed by atoms with Gasteiger partial charge in [0.25, 0.3) is 0 Å². The molecule has 1 heterocycles. The van der Waals surface area contributed by atoms with Crippen molar-refractivity contribution in [2.24, 2.45) is 5.41 Å². The number of nitrogens with zero attached hydrogens (tertiary/aromatic N) is 1. The van der Waals surface area contributed by atoms with Crippen molar-refractivity contribution < 1.29 is 0 Å². The van der Waals surface area contributed by atoms with Gasteiger partial charge in [-0.15, -0.1) is 0 Å². The maximum atomic E-state index is 2.47. The number of likely N-dealkylation sites (N-methyl/N-ethyl adjacent to an activating group) is 1. The van der Waals surface area contributed by atoms with Gasteiger partial charge in [0, 0.05) is 16.5 Å². The summed E-state index contributed by atoms with van der Waals surface area (Å²) in [5.41, 5.74) is 3.31. The summed E-state index contributed by atoms with van der Waals surface area (Å²) in [5.74, 6) is 0. The molecule has 1 heteroatoms. The minimum absolute atomic E-state index is 0.111. The normalized spacial score (nSPS) is 23.8. The maximum absolute atomic E-state index is 2.47. The molecule has 22 heavy (non-hydrogen) atoms. The monoisotopic (exact) mass is 305 g/mol. The highest BCUT2D eigenvalue weighted by Crippen LogP contribution is 2.46. The summed E-state index contributed by atoms with van der Waals surface area (Å²) in [4.78, 5) is 2.47. The van der Waals surface area contributed by atoms with E-state index < -0.39 is 0 Å². The van der Waals surface area contributed by atoms with E-state index in [0.717, 1.165) is 0 Å². The van der Waals surface area contributed by atoms with Crippen LogP contribution in [-0.4, -0.2) is 23.0 Å². The smallest absolute Gasteiger partial charge is 0.0413 e. The van der Waals surface area contributed by atoms with Crippen LogP contribution in [0.3, 0.4) is 0 Å². The van der Waals surface area contributed by atoms with Gasteiger partial charge < -0.3 is 0 Å². The predicted octanol–water partition coefficient (Wildman–Crippen LogP) is 6.38. The summed E-state index contributed by atoms with van der Waals surface area (Å²) in [6, 6.07) is 0. The van der Waals surface area contributed by atoms with Crippen LogP contribution in [0.25, 0.3) is 0 Å². The molecule has 2 rings (SSSR count). The quantitative estimate of drug-likeness (QED) is 0.502. The molecule has 0 amide bonds. The van der Waals surface area contributed by atoms with Gasteiger partial charge in [-0.1, -0.05) is 72.3 Å². The third-order valence-electron chi connectivity index (χ3n) is 4.64. The molecule has 0 aromatic heterocycles. The summed E-state index contributed by atoms with van der Waals surface area (Å²) in [6.07, 6.45) is 10.6. The highest BCUT2D eigenvalue weighted by atomic mass is 15.2. The van der Waals surface area contributed by atoms with Crippen LogP contribution in [0.4, 0.5) is 0 Å². The van der Waals surface area contributed by atoms with Gasteiger partial charge in [-0.05, 0) is 45.9 Å². The summed E-state index contributed by atoms with van der Waals surface area (Å²) >= 11 is 0. The lowest BCUT2D eigenvalue weighted by Crippen LogP contribution is -2.48. The van der Waals surface area contributed by atoms with E-state index >= 15 is 0 Å². The van der Waals surface area contributed by atoms with Crippen LogP contribution in [0, 0.1) is 5.41 Å². The van der Waals surface area contributed by atoms with Crippen LogP contribution in [-0.2, 0) is 0 Å². The molecule has 0 bridgehead atoms. The molecule has 0 aromatic rings. The SMILES string of the molecule is CC.CCC.CN1C(C)(C)C2=C(C=CC(C)(C)C=C2)C1(C)C. The Morgan fingerprint density at radius 1 is 0.773 bits per heavy atom. The first-order valence-corrected chi connectivity index (χ1v) is 8.88. The summed E-state index contributed by atoms with van der Waals surface area (Å²) in [6.45, 7) is 22.0. The van der Waals surface area contributed by atoms with Gasteiger partial charge in [-0.2, -0.15) is 0 Å². The average Bonchev–Trinajstić information content (AvgIpc) is 2.55. The Morgan fingerprint density at radius 3 is 1.32 bits per heavy atom. The van der Waals surface area contributed by atoms with Gasteiger partial charge in [0.05, 0.1) is 0 Å². The zero-order valence-electron chi connectivity index (χ0n) is 17.0. The third kappa shape index (κ3) is 4.13. The first kappa shape index (κ1) is 21.2. The molecule has 0 saturated heterocycles. The van der Waals surface area contributed by atoms with Gasteiger partial charge in [0.2, 0.25) is 0 Å². The Morgan fingerprint density at radius 2 is 1.05 bits per heavy atom. The fourth-order valence-corrected chi connectivity index (χ4v) is 2.96. The Kier molecular flexibility index (Phi) is 7.35. The number of hydrogen-bond acceptors (Lipinski definition) is 1. The third-order valence-corrected chi connectivity index (χ3v) is 4.64. The van der Waals surface area contributed by atoms with E-state index in [9.17, 15) is 0 Å². The van der Waals surface area contributed by atoms with Crippen LogP contribution >= 0.6 is 0 Å². The molecular weight excluding hydrogens is 266 g/mol. The second-order valence-corrected chi connectivity index (χ2v) is 7.70. The Bertz CT molecular complexity index is 407. The highest BCUT2D eigenvalue weighted by molar-refractivity contribution is 5.52. The molecule has 0 atom stereocenters. The maximum Gasteiger partial charge on any atom is 0.0413 e. The molecule has 1 nitrogen and oxygen atoms in total. The van der Waals surface area contributed by atoms with Gasteiger partial charge in [0.1, 0.15) is 0 Å². The molecule has 0 saturated carbocycles. The van der Waals surface area contributed by atoms with Crippen LogP contribution in [0.1, 0.15) is 75.7 Å². The predicted molar refractivity (Wildman–Crippen MR) is 102 cm³/mol. The van der Waals surface area contributed by atoms with Crippen LogP contribution < -0.4 is 0 Å². The Balaban J connectivity index is 0.000000789. The fraction of sp³-hybridized carbons (Fsp3) is 0.714. The van der Waals surface area contributed by atoms with E-state index in [-0.39, 0.29) is 16.5 Å². The van der Waals surface area contributed by atoms with Crippen molar-refractivity contribution in [1.29, 1.82) is 0 Å². The molecule has 0 aromatic carbocycles. The standard InChI is InChI=1S/C16H25N.C3H8.C2H6/c1-14(2)10-8-12-13(9-11-14)16(5,6)17(7)15(12,3)4;1-3-2;1-2/h8-11H,1-7H3;3H2,1-2H3;1-2H3. The zero-order valence-corrected chi connectivity index (χ0v) is 17.0. The second-order valence-electron chi connectivity index (χ2n) is 7.70. The number of rotatable bonds is 0. The topological polar surface area (TPSA) is 3.24 Å². The minimum atomic E-state index is 0.111. The zero-order chi connectivity index (χ0) is 17.8. The van der Waals surface area contributed by atoms with Crippen molar-refractivity contribution in [2.75, 3.05) is 7.05 Å². The summed E-state index contributed by atoms with van der Waals surface area (Å²) < 4.78 is 0. The Hall–Kier alpha value is -0.820. The molecule has 0 fully saturated rings. The number of allylic oxidation sites excluding steroid dienone is 2. The van der Waals surface area contributed by atoms with Crippen molar-refractivity contribution in [1.82, 2.24) is 4.90 Å². The largest absolute Gasteiger partial charge is 0.288 e.